The molecule has 4 aromatic rings. The van der Waals surface area contributed by atoms with E-state index in [2.05, 4.69) is 44.6 Å². The molecule has 4 heterocycles. The van der Waals surface area contributed by atoms with Crippen LogP contribution < -0.4 is 5.32 Å². The van der Waals surface area contributed by atoms with Crippen LogP contribution in [0.25, 0.3) is 17.1 Å². The molecule has 7 nitrogen and oxygen atoms in total. The summed E-state index contributed by atoms with van der Waals surface area (Å²) < 4.78 is 7.25. The van der Waals surface area contributed by atoms with Crippen LogP contribution in [0.5, 0.6) is 0 Å². The number of benzene rings is 1. The van der Waals surface area contributed by atoms with E-state index in [1.54, 1.807) is 10.8 Å². The number of nitrogens with zero attached hydrogens (tertiary/aromatic N) is 4. The van der Waals surface area contributed by atoms with E-state index in [-0.39, 0.29) is 11.9 Å². The van der Waals surface area contributed by atoms with Gasteiger partial charge in [-0.2, -0.15) is 5.10 Å². The molecule has 32 heavy (non-hydrogen) atoms. The lowest BCUT2D eigenvalue weighted by Gasteiger charge is -2.32. The van der Waals surface area contributed by atoms with Gasteiger partial charge in [0.1, 0.15) is 11.4 Å². The molecule has 5 rings (SSSR count). The number of carbonyl (C=O) groups is 1. The van der Waals surface area contributed by atoms with E-state index in [1.165, 1.54) is 5.56 Å². The first kappa shape index (κ1) is 20.5. The topological polar surface area (TPSA) is 75.7 Å². The van der Waals surface area contributed by atoms with Crippen molar-refractivity contribution in [2.75, 3.05) is 13.1 Å². The van der Waals surface area contributed by atoms with Crippen molar-refractivity contribution in [1.29, 1.82) is 0 Å². The zero-order chi connectivity index (χ0) is 21.9. The third-order valence-electron chi connectivity index (χ3n) is 6.04. The highest BCUT2D eigenvalue weighted by molar-refractivity contribution is 5.93. The molecule has 0 atom stereocenters. The number of nitrogens with one attached hydrogen (secondary N) is 1. The average molecular weight is 430 g/mol. The van der Waals surface area contributed by atoms with E-state index >= 15 is 0 Å². The van der Waals surface area contributed by atoms with Crippen LogP contribution >= 0.6 is 0 Å². The van der Waals surface area contributed by atoms with E-state index in [0.717, 1.165) is 44.6 Å². The lowest BCUT2D eigenvalue weighted by Crippen LogP contribution is -2.44. The number of likely N-dealkylation sites (tertiary alicyclic amines) is 1. The van der Waals surface area contributed by atoms with E-state index in [1.807, 2.05) is 37.3 Å². The second-order valence-corrected chi connectivity index (χ2v) is 8.27. The highest BCUT2D eigenvalue weighted by Gasteiger charge is 2.22. The molecule has 1 N–H and O–H groups in total. The van der Waals surface area contributed by atoms with Crippen LogP contribution in [0.2, 0.25) is 0 Å². The predicted octanol–water partition coefficient (Wildman–Crippen LogP) is 3.95. The van der Waals surface area contributed by atoms with Crippen LogP contribution in [0.15, 0.2) is 65.3 Å². The molecular formula is C25H27N5O2. The third-order valence-corrected chi connectivity index (χ3v) is 6.04. The first-order valence-corrected chi connectivity index (χ1v) is 11.2. The van der Waals surface area contributed by atoms with Crippen molar-refractivity contribution in [3.63, 3.8) is 0 Å². The molecule has 1 saturated heterocycles. The smallest absolute Gasteiger partial charge is 0.270 e. The molecule has 164 valence electrons. The Hall–Kier alpha value is -3.45. The van der Waals surface area contributed by atoms with Gasteiger partial charge in [0.05, 0.1) is 6.26 Å². The Labute approximate surface area is 187 Å². The van der Waals surface area contributed by atoms with Crippen molar-refractivity contribution in [2.45, 2.75) is 38.8 Å². The number of carbonyl (C=O) groups excluding carboxylic acids is 1. The summed E-state index contributed by atoms with van der Waals surface area (Å²) in [6, 6.07) is 18.1. The average Bonchev–Trinajstić information content (AvgIpc) is 3.50. The lowest BCUT2D eigenvalue weighted by molar-refractivity contribution is 0.0904. The van der Waals surface area contributed by atoms with E-state index in [0.29, 0.717) is 22.8 Å². The number of hydrogen-bond donors (Lipinski definition) is 1. The van der Waals surface area contributed by atoms with Crippen LogP contribution in [0.3, 0.4) is 0 Å². The minimum Gasteiger partial charge on any atom is -0.463 e. The second-order valence-electron chi connectivity index (χ2n) is 8.27. The summed E-state index contributed by atoms with van der Waals surface area (Å²) in [5.41, 5.74) is 4.07. The van der Waals surface area contributed by atoms with Gasteiger partial charge < -0.3 is 9.73 Å². The monoisotopic (exact) mass is 429 g/mol. The molecule has 0 bridgehead atoms. The normalized spacial score (nSPS) is 15.3. The number of aryl methyl sites for hydroxylation is 1. The highest BCUT2D eigenvalue weighted by Crippen LogP contribution is 2.21. The standard InChI is InChI=1S/C25H27N5O2/c1-2-20-15-22(27-24-16-21(28-30(20)24)23-9-6-14-32-23)25(31)26-19-10-12-29(13-11-19)17-18-7-4-3-5-8-18/h3-9,14-16,19H,2,10-13,17H2,1H3,(H,26,31). The van der Waals surface area contributed by atoms with Gasteiger partial charge >= 0.3 is 0 Å². The molecule has 1 aliphatic rings. The van der Waals surface area contributed by atoms with Crippen LogP contribution in [0.1, 0.15) is 41.5 Å². The van der Waals surface area contributed by atoms with Gasteiger partial charge in [-0.3, -0.25) is 9.69 Å². The molecular weight excluding hydrogens is 402 g/mol. The van der Waals surface area contributed by atoms with Crippen molar-refractivity contribution in [1.82, 2.24) is 24.8 Å². The molecule has 1 aromatic carbocycles. The van der Waals surface area contributed by atoms with Gasteiger partial charge in [0, 0.05) is 37.4 Å². The van der Waals surface area contributed by atoms with Crippen LogP contribution in [-0.4, -0.2) is 44.5 Å². The SMILES string of the molecule is CCc1cc(C(=O)NC2CCN(Cc3ccccc3)CC2)nc2cc(-c3ccco3)nn12. The first-order valence-electron chi connectivity index (χ1n) is 11.2. The van der Waals surface area contributed by atoms with Crippen molar-refractivity contribution >= 4 is 11.6 Å². The third kappa shape index (κ3) is 4.29. The molecule has 0 aliphatic carbocycles. The molecule has 0 saturated carbocycles. The molecule has 0 spiro atoms. The maximum Gasteiger partial charge on any atom is 0.270 e. The second kappa shape index (κ2) is 8.96. The molecule has 7 heteroatoms. The van der Waals surface area contributed by atoms with E-state index in [4.69, 9.17) is 4.42 Å². The van der Waals surface area contributed by atoms with Gasteiger partial charge in [-0.1, -0.05) is 37.3 Å². The Bertz CT molecular complexity index is 1190. The maximum absolute atomic E-state index is 13.0. The number of piperidine rings is 1. The Morgan fingerprint density at radius 3 is 2.66 bits per heavy atom. The van der Waals surface area contributed by atoms with Crippen LogP contribution in [0.4, 0.5) is 0 Å². The van der Waals surface area contributed by atoms with Crippen molar-refractivity contribution < 1.29 is 9.21 Å². The van der Waals surface area contributed by atoms with Gasteiger partial charge in [0.15, 0.2) is 11.4 Å². The fourth-order valence-electron chi connectivity index (χ4n) is 4.29. The van der Waals surface area contributed by atoms with Gasteiger partial charge in [-0.05, 0) is 43.0 Å². The Kier molecular flexibility index (Phi) is 5.73. The van der Waals surface area contributed by atoms with Crippen LogP contribution in [-0.2, 0) is 13.0 Å². The first-order chi connectivity index (χ1) is 15.7. The predicted molar refractivity (Wildman–Crippen MR) is 122 cm³/mol. The molecule has 0 radical (unpaired) electrons. The van der Waals surface area contributed by atoms with Gasteiger partial charge in [-0.15, -0.1) is 0 Å². The molecule has 0 unspecified atom stereocenters. The largest absolute Gasteiger partial charge is 0.463 e. The Morgan fingerprint density at radius 1 is 1.12 bits per heavy atom. The van der Waals surface area contributed by atoms with Gasteiger partial charge in [0.25, 0.3) is 5.91 Å². The minimum atomic E-state index is -0.121. The number of hydrogen-bond acceptors (Lipinski definition) is 5. The summed E-state index contributed by atoms with van der Waals surface area (Å²) in [4.78, 5) is 20.0. The molecule has 1 aliphatic heterocycles. The zero-order valence-corrected chi connectivity index (χ0v) is 18.2. The molecule has 3 aromatic heterocycles. The zero-order valence-electron chi connectivity index (χ0n) is 18.2. The summed E-state index contributed by atoms with van der Waals surface area (Å²) >= 11 is 0. The van der Waals surface area contributed by atoms with Gasteiger partial charge in [-0.25, -0.2) is 9.50 Å². The number of rotatable bonds is 6. The molecule has 1 fully saturated rings. The summed E-state index contributed by atoms with van der Waals surface area (Å²) in [7, 11) is 0. The van der Waals surface area contributed by atoms with Gasteiger partial charge in [0.2, 0.25) is 0 Å². The Balaban J connectivity index is 1.26. The van der Waals surface area contributed by atoms with E-state index in [9.17, 15) is 4.79 Å². The fraction of sp³-hybridized carbons (Fsp3) is 0.320. The summed E-state index contributed by atoms with van der Waals surface area (Å²) in [5, 5.41) is 7.80. The van der Waals surface area contributed by atoms with Crippen LogP contribution in [0, 0.1) is 0 Å². The maximum atomic E-state index is 13.0. The number of furan rings is 1. The lowest BCUT2D eigenvalue weighted by atomic mass is 10.0. The van der Waals surface area contributed by atoms with Crippen molar-refractivity contribution in [2.24, 2.45) is 0 Å². The number of aromatic nitrogens is 3. The molecule has 1 amide bonds. The summed E-state index contributed by atoms with van der Waals surface area (Å²) in [6.07, 6.45) is 4.25. The number of fused-ring (bicyclic) bond motifs is 1. The Morgan fingerprint density at radius 2 is 1.94 bits per heavy atom. The highest BCUT2D eigenvalue weighted by atomic mass is 16.3. The van der Waals surface area contributed by atoms with Crippen molar-refractivity contribution in [3.8, 4) is 11.5 Å². The van der Waals surface area contributed by atoms with Crippen molar-refractivity contribution in [3.05, 3.63) is 77.8 Å². The quantitative estimate of drug-likeness (QED) is 0.502. The summed E-state index contributed by atoms with van der Waals surface area (Å²) in [5.74, 6) is 0.565. The fourth-order valence-corrected chi connectivity index (χ4v) is 4.29. The van der Waals surface area contributed by atoms with E-state index < -0.39 is 0 Å². The minimum absolute atomic E-state index is 0.121. The summed E-state index contributed by atoms with van der Waals surface area (Å²) in [6.45, 7) is 4.95. The number of amides is 1.